The molecule has 1 heterocycles. The Kier molecular flexibility index (Phi) is 2.50. The molecular formula is C19H22O6. The third-order valence-electron chi connectivity index (χ3n) is 8.12. The fraction of sp³-hybridized carbons (Fsp3) is 0.684. The summed E-state index contributed by atoms with van der Waals surface area (Å²) in [4.78, 5) is 25.1. The summed E-state index contributed by atoms with van der Waals surface area (Å²) < 4.78 is 5.87. The van der Waals surface area contributed by atoms with Crippen LogP contribution in [0.25, 0.3) is 0 Å². The highest BCUT2D eigenvalue weighted by atomic mass is 16.6. The zero-order valence-electron chi connectivity index (χ0n) is 14.1. The summed E-state index contributed by atoms with van der Waals surface area (Å²) in [5.74, 6) is -3.18. The molecule has 134 valence electrons. The molecule has 1 saturated heterocycles. The number of aliphatic hydroxyl groups excluding tert-OH is 1. The Balaban J connectivity index is 1.78. The maximum atomic E-state index is 12.7. The summed E-state index contributed by atoms with van der Waals surface area (Å²) in [6.07, 6.45) is 4.11. The molecule has 1 spiro atoms. The minimum Gasteiger partial charge on any atom is -0.481 e. The van der Waals surface area contributed by atoms with Crippen molar-refractivity contribution in [2.45, 2.75) is 49.9 Å². The van der Waals surface area contributed by atoms with Crippen LogP contribution in [0.15, 0.2) is 24.3 Å². The van der Waals surface area contributed by atoms with Gasteiger partial charge in [-0.15, -0.1) is 0 Å². The van der Waals surface area contributed by atoms with E-state index in [0.717, 1.165) is 0 Å². The lowest BCUT2D eigenvalue weighted by molar-refractivity contribution is -0.163. The quantitative estimate of drug-likeness (QED) is 0.484. The van der Waals surface area contributed by atoms with E-state index in [1.807, 2.05) is 0 Å². The highest BCUT2D eigenvalue weighted by Crippen LogP contribution is 2.77. The van der Waals surface area contributed by atoms with Crippen molar-refractivity contribution in [1.82, 2.24) is 0 Å². The summed E-state index contributed by atoms with van der Waals surface area (Å²) >= 11 is 0. The Bertz CT molecular complexity index is 772. The molecule has 3 saturated carbocycles. The zero-order chi connectivity index (χ0) is 18.0. The van der Waals surface area contributed by atoms with E-state index in [0.29, 0.717) is 31.3 Å². The van der Waals surface area contributed by atoms with Crippen LogP contribution in [0.5, 0.6) is 0 Å². The summed E-state index contributed by atoms with van der Waals surface area (Å²) in [6.45, 7) is 5.64. The number of hydrogen-bond donors (Lipinski definition) is 3. The van der Waals surface area contributed by atoms with E-state index in [-0.39, 0.29) is 5.92 Å². The van der Waals surface area contributed by atoms with E-state index >= 15 is 0 Å². The maximum absolute atomic E-state index is 12.7. The van der Waals surface area contributed by atoms with Gasteiger partial charge in [-0.3, -0.25) is 9.59 Å². The molecule has 1 aliphatic heterocycles. The lowest BCUT2D eigenvalue weighted by atomic mass is 9.61. The Labute approximate surface area is 145 Å². The standard InChI is InChI=1S/C19H22O6/c1-9-7-17-8-18(9,24)5-3-10(17)19-6-4-11(20)16(2,15(23)25-19)13(19)12(17)14(21)22/h4,6,10-13,20,24H,1,3,5,7-8H2,2H3,(H,21,22)/t10-,11+,12+,13+,16-,17+,18+,19-/m0/s1. The van der Waals surface area contributed by atoms with E-state index in [1.54, 1.807) is 19.1 Å². The van der Waals surface area contributed by atoms with E-state index < -0.39 is 51.9 Å². The molecule has 5 rings (SSSR count). The van der Waals surface area contributed by atoms with Gasteiger partial charge >= 0.3 is 11.9 Å². The maximum Gasteiger partial charge on any atom is 0.316 e. The number of hydrogen-bond acceptors (Lipinski definition) is 5. The number of carbonyl (C=O) groups is 2. The molecule has 3 N–H and O–H groups in total. The number of carbonyl (C=O) groups excluding carboxylic acids is 1. The second kappa shape index (κ2) is 4.01. The number of aliphatic hydroxyl groups is 2. The predicted octanol–water partition coefficient (Wildman–Crippen LogP) is 1.03. The first-order chi connectivity index (χ1) is 11.6. The van der Waals surface area contributed by atoms with Crippen LogP contribution in [0, 0.1) is 28.6 Å². The second-order valence-electron chi connectivity index (χ2n) is 8.94. The molecule has 4 fully saturated rings. The Morgan fingerprint density at radius 1 is 1.44 bits per heavy atom. The minimum atomic E-state index is -1.27. The van der Waals surface area contributed by atoms with Gasteiger partial charge in [-0.05, 0) is 49.7 Å². The minimum absolute atomic E-state index is 0.180. The van der Waals surface area contributed by atoms with Gasteiger partial charge in [-0.25, -0.2) is 0 Å². The van der Waals surface area contributed by atoms with Crippen molar-refractivity contribution in [2.75, 3.05) is 0 Å². The van der Waals surface area contributed by atoms with Crippen molar-refractivity contribution in [3.8, 4) is 0 Å². The Morgan fingerprint density at radius 2 is 2.16 bits per heavy atom. The van der Waals surface area contributed by atoms with Crippen molar-refractivity contribution in [3.05, 3.63) is 24.3 Å². The van der Waals surface area contributed by atoms with Crippen LogP contribution in [0.4, 0.5) is 0 Å². The number of esters is 1. The first-order valence-electron chi connectivity index (χ1n) is 8.86. The van der Waals surface area contributed by atoms with E-state index in [9.17, 15) is 24.9 Å². The lowest BCUT2D eigenvalue weighted by Crippen LogP contribution is -2.50. The fourth-order valence-electron chi connectivity index (χ4n) is 7.13. The van der Waals surface area contributed by atoms with Gasteiger partial charge in [-0.2, -0.15) is 0 Å². The van der Waals surface area contributed by atoms with Gasteiger partial charge in [0.25, 0.3) is 0 Å². The molecule has 0 aromatic heterocycles. The lowest BCUT2D eigenvalue weighted by Gasteiger charge is -2.44. The largest absolute Gasteiger partial charge is 0.481 e. The van der Waals surface area contributed by atoms with Crippen LogP contribution in [0.3, 0.4) is 0 Å². The van der Waals surface area contributed by atoms with Crippen molar-refractivity contribution in [1.29, 1.82) is 0 Å². The number of aliphatic carboxylic acids is 1. The molecule has 0 aromatic rings. The highest BCUT2D eigenvalue weighted by Gasteiger charge is 2.83. The third-order valence-corrected chi connectivity index (χ3v) is 8.12. The summed E-state index contributed by atoms with van der Waals surface area (Å²) in [7, 11) is 0. The highest BCUT2D eigenvalue weighted by molar-refractivity contribution is 5.86. The SMILES string of the molecule is C=C1C[C@@]23C[C@]1(O)CC[C@@H]2[C@]12C=C[C@@H](O)[C@](C)(C(=O)O1)[C@H]2[C@@H]3C(=O)O. The van der Waals surface area contributed by atoms with Gasteiger partial charge in [0.05, 0.1) is 17.6 Å². The third kappa shape index (κ3) is 1.36. The second-order valence-corrected chi connectivity index (χ2v) is 8.94. The fourth-order valence-corrected chi connectivity index (χ4v) is 7.13. The van der Waals surface area contributed by atoms with Gasteiger partial charge in [0.2, 0.25) is 0 Å². The molecule has 4 bridgehead atoms. The van der Waals surface area contributed by atoms with Crippen molar-refractivity contribution in [3.63, 3.8) is 0 Å². The summed E-state index contributed by atoms with van der Waals surface area (Å²) in [5, 5.41) is 31.6. The molecule has 8 atom stereocenters. The molecular weight excluding hydrogens is 324 g/mol. The number of carboxylic acids is 1. The van der Waals surface area contributed by atoms with Crippen LogP contribution >= 0.6 is 0 Å². The van der Waals surface area contributed by atoms with Gasteiger partial charge < -0.3 is 20.1 Å². The molecule has 6 heteroatoms. The van der Waals surface area contributed by atoms with E-state index in [1.165, 1.54) is 0 Å². The number of carboxylic acid groups (broad SMARTS) is 1. The van der Waals surface area contributed by atoms with Crippen molar-refractivity contribution in [2.24, 2.45) is 28.6 Å². The number of rotatable bonds is 1. The number of fused-ring (bicyclic) bond motifs is 1. The van der Waals surface area contributed by atoms with Crippen LogP contribution in [-0.4, -0.2) is 44.6 Å². The van der Waals surface area contributed by atoms with E-state index in [2.05, 4.69) is 6.58 Å². The Morgan fingerprint density at radius 3 is 2.84 bits per heavy atom. The smallest absolute Gasteiger partial charge is 0.316 e. The Hall–Kier alpha value is -1.66. The van der Waals surface area contributed by atoms with Gasteiger partial charge in [0, 0.05) is 11.8 Å². The molecule has 0 radical (unpaired) electrons. The van der Waals surface area contributed by atoms with E-state index in [4.69, 9.17) is 4.74 Å². The predicted molar refractivity (Wildman–Crippen MR) is 85.2 cm³/mol. The summed E-state index contributed by atoms with van der Waals surface area (Å²) in [5.41, 5.74) is -3.29. The molecule has 0 unspecified atom stereocenters. The van der Waals surface area contributed by atoms with Crippen LogP contribution in [0.2, 0.25) is 0 Å². The molecule has 0 amide bonds. The molecule has 6 nitrogen and oxygen atoms in total. The van der Waals surface area contributed by atoms with Crippen LogP contribution in [-0.2, 0) is 14.3 Å². The zero-order valence-corrected chi connectivity index (χ0v) is 14.1. The van der Waals surface area contributed by atoms with Crippen molar-refractivity contribution >= 4 is 11.9 Å². The average Bonchev–Trinajstić information content (AvgIpc) is 2.95. The van der Waals surface area contributed by atoms with Crippen molar-refractivity contribution < 1.29 is 29.6 Å². The first kappa shape index (κ1) is 15.6. The normalized spacial score (nSPS) is 58.0. The number of ether oxygens (including phenoxy) is 1. The first-order valence-corrected chi connectivity index (χ1v) is 8.86. The van der Waals surface area contributed by atoms with Gasteiger partial charge in [-0.1, -0.05) is 12.7 Å². The monoisotopic (exact) mass is 346 g/mol. The average molecular weight is 346 g/mol. The van der Waals surface area contributed by atoms with Gasteiger partial charge in [0.1, 0.15) is 11.0 Å². The topological polar surface area (TPSA) is 104 Å². The van der Waals surface area contributed by atoms with Crippen LogP contribution in [0.1, 0.15) is 32.6 Å². The van der Waals surface area contributed by atoms with Crippen LogP contribution < -0.4 is 0 Å². The molecule has 25 heavy (non-hydrogen) atoms. The summed E-state index contributed by atoms with van der Waals surface area (Å²) in [6, 6.07) is 0. The molecule has 4 aliphatic carbocycles. The molecule has 5 aliphatic rings. The van der Waals surface area contributed by atoms with Gasteiger partial charge in [0.15, 0.2) is 0 Å². The molecule has 0 aromatic carbocycles.